The van der Waals surface area contributed by atoms with Gasteiger partial charge in [-0.25, -0.2) is 17.8 Å². The molecule has 1 saturated heterocycles. The highest BCUT2D eigenvalue weighted by atomic mass is 32.2. The fourth-order valence-electron chi connectivity index (χ4n) is 2.77. The molecule has 0 spiro atoms. The molecule has 0 radical (unpaired) electrons. The van der Waals surface area contributed by atoms with Crippen LogP contribution < -0.4 is 10.5 Å². The van der Waals surface area contributed by atoms with Gasteiger partial charge in [0.1, 0.15) is 11.5 Å². The van der Waals surface area contributed by atoms with E-state index in [0.29, 0.717) is 44.3 Å². The zero-order chi connectivity index (χ0) is 19.2. The molecule has 7 nitrogen and oxygen atoms in total. The van der Waals surface area contributed by atoms with Gasteiger partial charge in [-0.05, 0) is 36.8 Å². The van der Waals surface area contributed by atoms with Crippen molar-refractivity contribution in [2.75, 3.05) is 19.7 Å². The van der Waals surface area contributed by atoms with E-state index < -0.39 is 10.0 Å². The summed E-state index contributed by atoms with van der Waals surface area (Å²) in [6.45, 7) is 2.57. The number of halogens is 1. The molecule has 0 aromatic carbocycles. The van der Waals surface area contributed by atoms with Gasteiger partial charge in [0.2, 0.25) is 21.8 Å². The highest BCUT2D eigenvalue weighted by Crippen LogP contribution is 2.25. The average Bonchev–Trinajstić information content (AvgIpc) is 2.63. The van der Waals surface area contributed by atoms with E-state index in [1.807, 2.05) is 6.92 Å². The minimum Gasteiger partial charge on any atom is -0.473 e. The molecule has 0 unspecified atom stereocenters. The number of ether oxygens (including phenoxy) is 1. The molecule has 2 N–H and O–H groups in total. The lowest BCUT2D eigenvalue weighted by atomic mass is 9.94. The van der Waals surface area contributed by atoms with Crippen molar-refractivity contribution in [3.8, 4) is 5.88 Å². The number of hydrogen-bond acceptors (Lipinski definition) is 5. The second-order valence-corrected chi connectivity index (χ2v) is 8.20. The van der Waals surface area contributed by atoms with Crippen molar-refractivity contribution in [1.29, 1.82) is 0 Å². The van der Waals surface area contributed by atoms with E-state index in [9.17, 15) is 17.6 Å². The first-order valence-electron chi connectivity index (χ1n) is 8.52. The SMILES string of the molecule is CC/C(=C/F)COc1ccc(S(=O)(=O)N2CCC(CC(N)=O)CC2)cn1. The van der Waals surface area contributed by atoms with Crippen LogP contribution >= 0.6 is 0 Å². The molecule has 1 aliphatic rings. The number of sulfonamides is 1. The minimum absolute atomic E-state index is 0.0689. The maximum atomic E-state index is 12.7. The summed E-state index contributed by atoms with van der Waals surface area (Å²) in [4.78, 5) is 15.1. The minimum atomic E-state index is -3.64. The van der Waals surface area contributed by atoms with Gasteiger partial charge in [-0.3, -0.25) is 4.79 Å². The van der Waals surface area contributed by atoms with Crippen LogP contribution in [0.25, 0.3) is 0 Å². The van der Waals surface area contributed by atoms with Crippen LogP contribution in [-0.4, -0.2) is 43.3 Å². The fourth-order valence-corrected chi connectivity index (χ4v) is 4.18. The summed E-state index contributed by atoms with van der Waals surface area (Å²) in [6.07, 6.45) is 3.76. The number of nitrogens with two attached hydrogens (primary N) is 1. The lowest BCUT2D eigenvalue weighted by Crippen LogP contribution is -2.39. The average molecular weight is 385 g/mol. The smallest absolute Gasteiger partial charge is 0.244 e. The molecule has 0 bridgehead atoms. The van der Waals surface area contributed by atoms with Crippen LogP contribution in [0.15, 0.2) is 35.1 Å². The number of nitrogens with zero attached hydrogens (tertiary/aromatic N) is 2. The largest absolute Gasteiger partial charge is 0.473 e. The second-order valence-electron chi connectivity index (χ2n) is 6.26. The van der Waals surface area contributed by atoms with Crippen LogP contribution in [0.5, 0.6) is 5.88 Å². The van der Waals surface area contributed by atoms with Gasteiger partial charge in [-0.15, -0.1) is 0 Å². The number of piperidine rings is 1. The summed E-state index contributed by atoms with van der Waals surface area (Å²) in [7, 11) is -3.64. The van der Waals surface area contributed by atoms with Crippen molar-refractivity contribution < 1.29 is 22.3 Å². The molecule has 9 heteroatoms. The Bertz CT molecular complexity index is 742. The quantitative estimate of drug-likeness (QED) is 0.737. The first-order chi connectivity index (χ1) is 12.4. The van der Waals surface area contributed by atoms with Crippen LogP contribution in [0.3, 0.4) is 0 Å². The lowest BCUT2D eigenvalue weighted by Gasteiger charge is -2.30. The first-order valence-corrected chi connectivity index (χ1v) is 9.96. The summed E-state index contributed by atoms with van der Waals surface area (Å²) in [5, 5.41) is 0. The summed E-state index contributed by atoms with van der Waals surface area (Å²) in [5.74, 6) is 0.000944. The van der Waals surface area contributed by atoms with Crippen LogP contribution in [0, 0.1) is 5.92 Å². The van der Waals surface area contributed by atoms with Crippen molar-refractivity contribution >= 4 is 15.9 Å². The van der Waals surface area contributed by atoms with E-state index in [2.05, 4.69) is 4.98 Å². The molecule has 0 atom stereocenters. The highest BCUT2D eigenvalue weighted by molar-refractivity contribution is 7.89. The number of carbonyl (C=O) groups excluding carboxylic acids is 1. The Kier molecular flexibility index (Phi) is 7.10. The Balaban J connectivity index is 1.98. The van der Waals surface area contributed by atoms with Crippen molar-refractivity contribution in [2.24, 2.45) is 11.7 Å². The topological polar surface area (TPSA) is 103 Å². The Morgan fingerprint density at radius 2 is 2.12 bits per heavy atom. The molecule has 26 heavy (non-hydrogen) atoms. The van der Waals surface area contributed by atoms with E-state index in [1.54, 1.807) is 0 Å². The van der Waals surface area contributed by atoms with E-state index in [1.165, 1.54) is 22.6 Å². The highest BCUT2D eigenvalue weighted by Gasteiger charge is 2.30. The molecule has 1 aromatic heterocycles. The van der Waals surface area contributed by atoms with E-state index in [-0.39, 0.29) is 35.6 Å². The fraction of sp³-hybridized carbons (Fsp3) is 0.529. The van der Waals surface area contributed by atoms with Crippen molar-refractivity contribution in [2.45, 2.75) is 37.5 Å². The molecule has 1 aromatic rings. The molecule has 2 rings (SSSR count). The molecule has 1 aliphatic heterocycles. The van der Waals surface area contributed by atoms with Gasteiger partial charge < -0.3 is 10.5 Å². The Hall–Kier alpha value is -2.00. The first kappa shape index (κ1) is 20.3. The van der Waals surface area contributed by atoms with Crippen molar-refractivity contribution in [1.82, 2.24) is 9.29 Å². The van der Waals surface area contributed by atoms with Crippen LogP contribution in [0.1, 0.15) is 32.6 Å². The van der Waals surface area contributed by atoms with Gasteiger partial charge in [-0.2, -0.15) is 4.31 Å². The van der Waals surface area contributed by atoms with Crippen LogP contribution in [-0.2, 0) is 14.8 Å². The third kappa shape index (κ3) is 5.25. The third-order valence-electron chi connectivity index (χ3n) is 4.42. The lowest BCUT2D eigenvalue weighted by molar-refractivity contribution is -0.119. The van der Waals surface area contributed by atoms with Gasteiger partial charge in [-0.1, -0.05) is 6.92 Å². The Labute approximate surface area is 153 Å². The number of rotatable bonds is 8. The second kappa shape index (κ2) is 9.09. The number of amides is 1. The molecule has 1 fully saturated rings. The summed E-state index contributed by atoms with van der Waals surface area (Å²) >= 11 is 0. The number of aromatic nitrogens is 1. The zero-order valence-electron chi connectivity index (χ0n) is 14.7. The van der Waals surface area contributed by atoms with Crippen LogP contribution in [0.2, 0.25) is 0 Å². The van der Waals surface area contributed by atoms with Gasteiger partial charge in [0.05, 0.1) is 12.5 Å². The van der Waals surface area contributed by atoms with Gasteiger partial charge in [0.15, 0.2) is 0 Å². The Morgan fingerprint density at radius 1 is 1.42 bits per heavy atom. The van der Waals surface area contributed by atoms with Gasteiger partial charge in [0.25, 0.3) is 0 Å². The normalized spacial score (nSPS) is 17.2. The summed E-state index contributed by atoms with van der Waals surface area (Å²) in [5.41, 5.74) is 5.68. The molecular weight excluding hydrogens is 361 g/mol. The van der Waals surface area contributed by atoms with E-state index in [4.69, 9.17) is 10.5 Å². The number of hydrogen-bond donors (Lipinski definition) is 1. The van der Waals surface area contributed by atoms with Gasteiger partial charge in [0, 0.05) is 25.6 Å². The standard InChI is InChI=1S/C17H24FN3O4S/c1-2-13(10-18)12-25-17-4-3-15(11-20-17)26(23,24)21-7-5-14(6-8-21)9-16(19)22/h3-4,10-11,14H,2,5-9,12H2,1H3,(H2,19,22)/b13-10-. The monoisotopic (exact) mass is 385 g/mol. The predicted molar refractivity (Wildman–Crippen MR) is 94.5 cm³/mol. The maximum absolute atomic E-state index is 12.7. The molecule has 0 saturated carbocycles. The number of pyridine rings is 1. The molecular formula is C17H24FN3O4S. The van der Waals surface area contributed by atoms with E-state index >= 15 is 0 Å². The third-order valence-corrected chi connectivity index (χ3v) is 6.31. The maximum Gasteiger partial charge on any atom is 0.244 e. The predicted octanol–water partition coefficient (Wildman–Crippen LogP) is 2.00. The van der Waals surface area contributed by atoms with Gasteiger partial charge >= 0.3 is 0 Å². The molecule has 0 aliphatic carbocycles. The number of carbonyl (C=O) groups is 1. The zero-order valence-corrected chi connectivity index (χ0v) is 15.5. The molecule has 2 heterocycles. The molecule has 1 amide bonds. The molecule has 144 valence electrons. The van der Waals surface area contributed by atoms with Crippen molar-refractivity contribution in [3.63, 3.8) is 0 Å². The summed E-state index contributed by atoms with van der Waals surface area (Å²) in [6, 6.07) is 2.89. The summed E-state index contributed by atoms with van der Waals surface area (Å²) < 4.78 is 44.6. The van der Waals surface area contributed by atoms with Crippen LogP contribution in [0.4, 0.5) is 4.39 Å². The van der Waals surface area contributed by atoms with E-state index in [0.717, 1.165) is 0 Å². The Morgan fingerprint density at radius 3 is 2.62 bits per heavy atom. The van der Waals surface area contributed by atoms with Crippen molar-refractivity contribution in [3.05, 3.63) is 30.2 Å². The number of primary amides is 1.